The van der Waals surface area contributed by atoms with E-state index >= 15 is 0 Å². The lowest BCUT2D eigenvalue weighted by Gasteiger charge is -2.10. The van der Waals surface area contributed by atoms with Crippen LogP contribution in [0.25, 0.3) is 21.2 Å². The van der Waals surface area contributed by atoms with E-state index in [-0.39, 0.29) is 12.7 Å². The van der Waals surface area contributed by atoms with Crippen molar-refractivity contribution in [3.8, 4) is 22.6 Å². The fourth-order valence-corrected chi connectivity index (χ4v) is 4.31. The molecule has 0 aliphatic carbocycles. The Morgan fingerprint density at radius 3 is 2.62 bits per heavy atom. The summed E-state index contributed by atoms with van der Waals surface area (Å²) in [6.45, 7) is 0.141. The van der Waals surface area contributed by atoms with Crippen LogP contribution in [0.3, 0.4) is 0 Å². The molecule has 2 heterocycles. The molecule has 5 rings (SSSR count). The summed E-state index contributed by atoms with van der Waals surface area (Å²) < 4.78 is 11.9. The molecule has 1 aromatic heterocycles. The van der Waals surface area contributed by atoms with E-state index in [1.165, 1.54) is 11.3 Å². The lowest BCUT2D eigenvalue weighted by atomic mass is 9.99. The topological polar surface area (TPSA) is 64.6 Å². The number of hydrogen-bond donors (Lipinski definition) is 1. The Morgan fingerprint density at radius 2 is 1.79 bits per heavy atom. The van der Waals surface area contributed by atoms with Gasteiger partial charge >= 0.3 is 0 Å². The van der Waals surface area contributed by atoms with Gasteiger partial charge in [0.05, 0.1) is 4.88 Å². The zero-order valence-corrected chi connectivity index (χ0v) is 16.0. The van der Waals surface area contributed by atoms with Gasteiger partial charge in [0.25, 0.3) is 5.91 Å². The first kappa shape index (κ1) is 17.5. The normalized spacial score (nSPS) is 12.1. The van der Waals surface area contributed by atoms with E-state index in [0.29, 0.717) is 27.6 Å². The third-order valence-corrected chi connectivity index (χ3v) is 5.87. The minimum absolute atomic E-state index is 0.141. The van der Waals surface area contributed by atoms with Crippen molar-refractivity contribution in [2.75, 3.05) is 12.1 Å². The van der Waals surface area contributed by atoms with E-state index in [9.17, 15) is 9.59 Å². The van der Waals surface area contributed by atoms with Gasteiger partial charge in [0, 0.05) is 16.0 Å². The van der Waals surface area contributed by atoms with Gasteiger partial charge in [-0.05, 0) is 52.9 Å². The lowest BCUT2D eigenvalue weighted by molar-refractivity contribution is 0.103. The van der Waals surface area contributed by atoms with Crippen molar-refractivity contribution in [3.63, 3.8) is 0 Å². The molecule has 0 saturated heterocycles. The van der Waals surface area contributed by atoms with E-state index in [0.717, 1.165) is 27.5 Å². The molecule has 3 aromatic carbocycles. The van der Waals surface area contributed by atoms with Crippen molar-refractivity contribution in [3.05, 3.63) is 77.2 Å². The molecule has 0 radical (unpaired) electrons. The van der Waals surface area contributed by atoms with Crippen LogP contribution in [0.2, 0.25) is 0 Å². The summed E-state index contributed by atoms with van der Waals surface area (Å²) in [5.74, 6) is 1.00. The maximum Gasteiger partial charge on any atom is 0.265 e. The van der Waals surface area contributed by atoms with Crippen molar-refractivity contribution < 1.29 is 19.1 Å². The highest BCUT2D eigenvalue weighted by Gasteiger charge is 2.18. The predicted octanol–water partition coefficient (Wildman–Crippen LogP) is 5.36. The van der Waals surface area contributed by atoms with Crippen LogP contribution < -0.4 is 14.8 Å². The van der Waals surface area contributed by atoms with Crippen LogP contribution in [0.5, 0.6) is 11.5 Å². The Bertz CT molecular complexity index is 1230. The third kappa shape index (κ3) is 3.23. The molecule has 4 aromatic rings. The van der Waals surface area contributed by atoms with Gasteiger partial charge in [-0.2, -0.15) is 0 Å². The van der Waals surface area contributed by atoms with E-state index < -0.39 is 0 Å². The zero-order valence-electron chi connectivity index (χ0n) is 15.2. The molecule has 0 fully saturated rings. The average molecular weight is 401 g/mol. The highest BCUT2D eigenvalue weighted by molar-refractivity contribution is 7.20. The molecule has 0 bridgehead atoms. The van der Waals surface area contributed by atoms with Crippen LogP contribution in [-0.4, -0.2) is 19.0 Å². The Morgan fingerprint density at radius 1 is 0.966 bits per heavy atom. The standard InChI is InChI=1S/C23H15NO4S/c25-12-16-9-19-20(28-13-27-19)11-18(16)14-5-3-6-17(8-14)24-23(26)22-10-15-4-1-2-7-21(15)29-22/h1-12H,13H2,(H,24,26). The maximum atomic E-state index is 12.7. The first-order chi connectivity index (χ1) is 14.2. The molecule has 1 amide bonds. The van der Waals surface area contributed by atoms with Crippen LogP contribution in [0.4, 0.5) is 5.69 Å². The Kier molecular flexibility index (Phi) is 4.26. The lowest BCUT2D eigenvalue weighted by Crippen LogP contribution is -2.10. The Labute approximate surface area is 170 Å². The molecule has 0 saturated carbocycles. The highest BCUT2D eigenvalue weighted by Crippen LogP contribution is 2.38. The van der Waals surface area contributed by atoms with E-state index in [1.807, 2.05) is 54.6 Å². The molecular weight excluding hydrogens is 386 g/mol. The van der Waals surface area contributed by atoms with Gasteiger partial charge in [0.15, 0.2) is 17.8 Å². The number of nitrogens with one attached hydrogen (secondary N) is 1. The van der Waals surface area contributed by atoms with Crippen LogP contribution in [-0.2, 0) is 0 Å². The van der Waals surface area contributed by atoms with Crippen LogP contribution in [0.15, 0.2) is 66.7 Å². The third-order valence-electron chi connectivity index (χ3n) is 4.75. The summed E-state index contributed by atoms with van der Waals surface area (Å²) in [7, 11) is 0. The van der Waals surface area contributed by atoms with Gasteiger partial charge in [-0.3, -0.25) is 9.59 Å². The van der Waals surface area contributed by atoms with E-state index in [1.54, 1.807) is 12.1 Å². The highest BCUT2D eigenvalue weighted by atomic mass is 32.1. The van der Waals surface area contributed by atoms with Gasteiger partial charge < -0.3 is 14.8 Å². The average Bonchev–Trinajstić information content (AvgIpc) is 3.39. The molecule has 29 heavy (non-hydrogen) atoms. The molecule has 142 valence electrons. The number of anilines is 1. The number of ether oxygens (including phenoxy) is 2. The fourth-order valence-electron chi connectivity index (χ4n) is 3.36. The molecule has 0 unspecified atom stereocenters. The number of carbonyl (C=O) groups is 2. The Hall–Kier alpha value is -3.64. The number of fused-ring (bicyclic) bond motifs is 2. The van der Waals surface area contributed by atoms with Crippen molar-refractivity contribution in [2.24, 2.45) is 0 Å². The number of rotatable bonds is 4. The van der Waals surface area contributed by atoms with Gasteiger partial charge in [0.2, 0.25) is 6.79 Å². The maximum absolute atomic E-state index is 12.7. The SMILES string of the molecule is O=Cc1cc2c(cc1-c1cccc(NC(=O)c3cc4ccccc4s3)c1)OCO2. The second kappa shape index (κ2) is 7.07. The van der Waals surface area contributed by atoms with E-state index in [4.69, 9.17) is 9.47 Å². The molecular formula is C23H15NO4S. The number of thiophene rings is 1. The number of amides is 1. The second-order valence-electron chi connectivity index (χ2n) is 6.59. The molecule has 0 atom stereocenters. The van der Waals surface area contributed by atoms with Gasteiger partial charge in [-0.25, -0.2) is 0 Å². The van der Waals surface area contributed by atoms with Gasteiger partial charge in [-0.15, -0.1) is 11.3 Å². The molecule has 1 aliphatic rings. The van der Waals surface area contributed by atoms with E-state index in [2.05, 4.69) is 5.32 Å². The number of aldehydes is 1. The van der Waals surface area contributed by atoms with Crippen LogP contribution in [0.1, 0.15) is 20.0 Å². The summed E-state index contributed by atoms with van der Waals surface area (Å²) in [4.78, 5) is 24.9. The van der Waals surface area contributed by atoms with Crippen LogP contribution >= 0.6 is 11.3 Å². The molecule has 5 nitrogen and oxygen atoms in total. The zero-order chi connectivity index (χ0) is 19.8. The molecule has 1 aliphatic heterocycles. The van der Waals surface area contributed by atoms with Crippen LogP contribution in [0, 0.1) is 0 Å². The quantitative estimate of drug-likeness (QED) is 0.468. The molecule has 1 N–H and O–H groups in total. The van der Waals surface area contributed by atoms with Crippen molar-refractivity contribution in [2.45, 2.75) is 0 Å². The minimum Gasteiger partial charge on any atom is -0.454 e. The fraction of sp³-hybridized carbons (Fsp3) is 0.0435. The monoisotopic (exact) mass is 401 g/mol. The smallest absolute Gasteiger partial charge is 0.265 e. The largest absolute Gasteiger partial charge is 0.454 e. The van der Waals surface area contributed by atoms with Gasteiger partial charge in [0.1, 0.15) is 0 Å². The van der Waals surface area contributed by atoms with Crippen molar-refractivity contribution in [1.82, 2.24) is 0 Å². The molecule has 6 heteroatoms. The Balaban J connectivity index is 1.46. The first-order valence-corrected chi connectivity index (χ1v) is 9.82. The number of benzene rings is 3. The first-order valence-electron chi connectivity index (χ1n) is 9.00. The number of carbonyl (C=O) groups excluding carboxylic acids is 2. The van der Waals surface area contributed by atoms with Gasteiger partial charge in [-0.1, -0.05) is 30.3 Å². The summed E-state index contributed by atoms with van der Waals surface area (Å²) in [6, 6.07) is 20.7. The summed E-state index contributed by atoms with van der Waals surface area (Å²) >= 11 is 1.46. The van der Waals surface area contributed by atoms with Crippen molar-refractivity contribution in [1.29, 1.82) is 0 Å². The summed E-state index contributed by atoms with van der Waals surface area (Å²) in [6.07, 6.45) is 0.791. The minimum atomic E-state index is -0.162. The second-order valence-corrected chi connectivity index (χ2v) is 7.68. The molecule has 0 spiro atoms. The summed E-state index contributed by atoms with van der Waals surface area (Å²) in [5, 5.41) is 3.99. The summed E-state index contributed by atoms with van der Waals surface area (Å²) in [5.41, 5.74) is 2.68. The predicted molar refractivity (Wildman–Crippen MR) is 113 cm³/mol. The van der Waals surface area contributed by atoms with Crippen molar-refractivity contribution >= 4 is 39.3 Å². The number of hydrogen-bond acceptors (Lipinski definition) is 5.